The van der Waals surface area contributed by atoms with Gasteiger partial charge in [0, 0.05) is 24.3 Å². The number of carbonyl (C=O) groups is 2. The van der Waals surface area contributed by atoms with Gasteiger partial charge in [0.15, 0.2) is 5.82 Å². The fraction of sp³-hybridized carbons (Fsp3) is 0.368. The molecule has 0 saturated heterocycles. The Hall–Kier alpha value is -2.76. The molecule has 6 heteroatoms. The Morgan fingerprint density at radius 3 is 2.52 bits per heavy atom. The summed E-state index contributed by atoms with van der Waals surface area (Å²) >= 11 is 0. The zero-order chi connectivity index (χ0) is 18.0. The highest BCUT2D eigenvalue weighted by Crippen LogP contribution is 2.29. The summed E-state index contributed by atoms with van der Waals surface area (Å²) in [6.45, 7) is 3.61. The number of aryl methyl sites for hydroxylation is 1. The molecular weight excluding hydrogens is 318 g/mol. The first-order chi connectivity index (χ1) is 12.0. The van der Waals surface area contributed by atoms with E-state index in [-0.39, 0.29) is 18.5 Å². The van der Waals surface area contributed by atoms with Gasteiger partial charge in [0.05, 0.1) is 17.2 Å². The highest BCUT2D eigenvalue weighted by atomic mass is 16.4. The Morgan fingerprint density at radius 2 is 1.96 bits per heavy atom. The van der Waals surface area contributed by atoms with Crippen LogP contribution in [0.2, 0.25) is 0 Å². The van der Waals surface area contributed by atoms with Crippen molar-refractivity contribution >= 4 is 11.9 Å². The number of nitrogens with zero attached hydrogens (tertiary/aromatic N) is 3. The summed E-state index contributed by atoms with van der Waals surface area (Å²) in [5.41, 5.74) is 1.93. The summed E-state index contributed by atoms with van der Waals surface area (Å²) in [7, 11) is 0. The van der Waals surface area contributed by atoms with Gasteiger partial charge in [-0.15, -0.1) is 0 Å². The third-order valence-corrected chi connectivity index (χ3v) is 4.38. The second-order valence-electron chi connectivity index (χ2n) is 6.49. The van der Waals surface area contributed by atoms with Crippen molar-refractivity contribution in [3.63, 3.8) is 0 Å². The van der Waals surface area contributed by atoms with Crippen LogP contribution in [0.25, 0.3) is 11.4 Å². The minimum absolute atomic E-state index is 0.127. The largest absolute Gasteiger partial charge is 0.481 e. The summed E-state index contributed by atoms with van der Waals surface area (Å²) in [4.78, 5) is 34.5. The molecule has 1 amide bonds. The summed E-state index contributed by atoms with van der Waals surface area (Å²) in [6.07, 6.45) is 3.38. The molecule has 0 aliphatic heterocycles. The van der Waals surface area contributed by atoms with Gasteiger partial charge >= 0.3 is 5.97 Å². The van der Waals surface area contributed by atoms with E-state index in [0.717, 1.165) is 18.4 Å². The number of rotatable bonds is 6. The third-order valence-electron chi connectivity index (χ3n) is 4.38. The Morgan fingerprint density at radius 1 is 1.28 bits per heavy atom. The first kappa shape index (κ1) is 17.1. The van der Waals surface area contributed by atoms with Crippen LogP contribution in [0, 0.1) is 12.8 Å². The van der Waals surface area contributed by atoms with Crippen LogP contribution < -0.4 is 0 Å². The van der Waals surface area contributed by atoms with Crippen molar-refractivity contribution in [1.82, 2.24) is 14.9 Å². The fourth-order valence-corrected chi connectivity index (χ4v) is 2.72. The molecule has 1 aromatic carbocycles. The number of aromatic nitrogens is 2. The molecule has 1 aromatic heterocycles. The lowest BCUT2D eigenvalue weighted by Gasteiger charge is -2.24. The van der Waals surface area contributed by atoms with Gasteiger partial charge in [0.2, 0.25) is 0 Å². The molecule has 0 spiro atoms. The maximum atomic E-state index is 12.9. The van der Waals surface area contributed by atoms with Crippen LogP contribution in [0.4, 0.5) is 0 Å². The van der Waals surface area contributed by atoms with E-state index in [4.69, 9.17) is 5.11 Å². The average Bonchev–Trinajstić information content (AvgIpc) is 3.44. The predicted molar refractivity (Wildman–Crippen MR) is 93.1 cm³/mol. The van der Waals surface area contributed by atoms with Crippen LogP contribution in [-0.4, -0.2) is 44.4 Å². The molecule has 1 aliphatic rings. The van der Waals surface area contributed by atoms with Gasteiger partial charge in [0.25, 0.3) is 5.91 Å². The van der Waals surface area contributed by atoms with E-state index in [1.54, 1.807) is 24.9 Å². The maximum absolute atomic E-state index is 12.9. The molecule has 1 N–H and O–H groups in total. The topological polar surface area (TPSA) is 83.4 Å². The van der Waals surface area contributed by atoms with Gasteiger partial charge in [-0.05, 0) is 19.8 Å². The first-order valence-electron chi connectivity index (χ1n) is 8.40. The lowest BCUT2D eigenvalue weighted by molar-refractivity contribution is -0.141. The molecule has 2 aromatic rings. The second-order valence-corrected chi connectivity index (χ2v) is 6.49. The number of benzene rings is 1. The third kappa shape index (κ3) is 3.84. The Labute approximate surface area is 146 Å². The van der Waals surface area contributed by atoms with Crippen LogP contribution in [0.5, 0.6) is 0 Å². The zero-order valence-electron chi connectivity index (χ0n) is 14.3. The molecule has 0 bridgehead atoms. The van der Waals surface area contributed by atoms with Crippen molar-refractivity contribution < 1.29 is 14.7 Å². The monoisotopic (exact) mass is 339 g/mol. The van der Waals surface area contributed by atoms with E-state index in [2.05, 4.69) is 9.97 Å². The van der Waals surface area contributed by atoms with E-state index in [0.29, 0.717) is 17.1 Å². The summed E-state index contributed by atoms with van der Waals surface area (Å²) in [5.74, 6) is -1.11. The molecule has 1 fully saturated rings. The quantitative estimate of drug-likeness (QED) is 0.875. The molecule has 130 valence electrons. The first-order valence-corrected chi connectivity index (χ1v) is 8.40. The molecule has 25 heavy (non-hydrogen) atoms. The number of amides is 1. The Kier molecular flexibility index (Phi) is 4.79. The molecule has 1 heterocycles. The van der Waals surface area contributed by atoms with Gasteiger partial charge in [-0.3, -0.25) is 9.59 Å². The van der Waals surface area contributed by atoms with Crippen molar-refractivity contribution in [2.45, 2.75) is 32.7 Å². The number of aliphatic carboxylic acids is 1. The summed E-state index contributed by atoms with van der Waals surface area (Å²) in [6, 6.07) is 9.71. The van der Waals surface area contributed by atoms with Gasteiger partial charge < -0.3 is 10.0 Å². The molecule has 1 saturated carbocycles. The Balaban J connectivity index is 1.84. The minimum atomic E-state index is -0.897. The van der Waals surface area contributed by atoms with Crippen molar-refractivity contribution in [2.24, 2.45) is 5.92 Å². The SMILES string of the molecule is Cc1nc(-c2ccccc2)ncc1C(=O)N(CC(C)C(=O)O)C1CC1. The number of carboxylic acid groups (broad SMARTS) is 1. The summed E-state index contributed by atoms with van der Waals surface area (Å²) < 4.78 is 0. The fourth-order valence-electron chi connectivity index (χ4n) is 2.72. The number of carboxylic acids is 1. The molecule has 1 atom stereocenters. The lowest BCUT2D eigenvalue weighted by atomic mass is 10.1. The van der Waals surface area contributed by atoms with Crippen molar-refractivity contribution in [3.05, 3.63) is 47.8 Å². The number of hydrogen-bond donors (Lipinski definition) is 1. The lowest BCUT2D eigenvalue weighted by Crippen LogP contribution is -2.39. The molecular formula is C19H21N3O3. The van der Waals surface area contributed by atoms with E-state index < -0.39 is 11.9 Å². The van der Waals surface area contributed by atoms with Gasteiger partial charge in [-0.25, -0.2) is 9.97 Å². The molecule has 6 nitrogen and oxygen atoms in total. The highest BCUT2D eigenvalue weighted by molar-refractivity contribution is 5.95. The minimum Gasteiger partial charge on any atom is -0.481 e. The number of hydrogen-bond acceptors (Lipinski definition) is 4. The summed E-state index contributed by atoms with van der Waals surface area (Å²) in [5, 5.41) is 9.14. The zero-order valence-corrected chi connectivity index (χ0v) is 14.3. The van der Waals surface area contributed by atoms with Crippen LogP contribution in [0.15, 0.2) is 36.5 Å². The highest BCUT2D eigenvalue weighted by Gasteiger charge is 2.35. The van der Waals surface area contributed by atoms with Crippen LogP contribution in [0.1, 0.15) is 35.8 Å². The van der Waals surface area contributed by atoms with Gasteiger partial charge in [0.1, 0.15) is 0 Å². The van der Waals surface area contributed by atoms with Crippen molar-refractivity contribution in [1.29, 1.82) is 0 Å². The van der Waals surface area contributed by atoms with E-state index in [1.165, 1.54) is 0 Å². The van der Waals surface area contributed by atoms with E-state index in [1.807, 2.05) is 30.3 Å². The molecule has 3 rings (SSSR count). The van der Waals surface area contributed by atoms with E-state index in [9.17, 15) is 9.59 Å². The van der Waals surface area contributed by atoms with Crippen LogP contribution >= 0.6 is 0 Å². The van der Waals surface area contributed by atoms with E-state index >= 15 is 0 Å². The van der Waals surface area contributed by atoms with Gasteiger partial charge in [-0.2, -0.15) is 0 Å². The molecule has 1 aliphatic carbocycles. The predicted octanol–water partition coefficient (Wildman–Crippen LogP) is 2.78. The van der Waals surface area contributed by atoms with Crippen LogP contribution in [-0.2, 0) is 4.79 Å². The Bertz CT molecular complexity index is 788. The number of carbonyl (C=O) groups excluding carboxylic acids is 1. The van der Waals surface area contributed by atoms with Gasteiger partial charge in [-0.1, -0.05) is 37.3 Å². The maximum Gasteiger partial charge on any atom is 0.308 e. The van der Waals surface area contributed by atoms with Crippen LogP contribution in [0.3, 0.4) is 0 Å². The normalized spacial score (nSPS) is 14.8. The second kappa shape index (κ2) is 7.01. The standard InChI is InChI=1S/C19H21N3O3/c1-12(19(24)25)11-22(15-8-9-15)18(23)16-10-20-17(21-13(16)2)14-6-4-3-5-7-14/h3-7,10,12,15H,8-9,11H2,1-2H3,(H,24,25). The molecule has 0 radical (unpaired) electrons. The molecule has 1 unspecified atom stereocenters. The van der Waals surface area contributed by atoms with Crippen molar-refractivity contribution in [3.8, 4) is 11.4 Å². The smallest absolute Gasteiger partial charge is 0.308 e. The average molecular weight is 339 g/mol. The van der Waals surface area contributed by atoms with Crippen molar-refractivity contribution in [2.75, 3.05) is 6.54 Å².